The van der Waals surface area contributed by atoms with E-state index in [2.05, 4.69) is 66.0 Å². The minimum Gasteiger partial charge on any atom is -0.226 e. The quantitative estimate of drug-likeness (QED) is 0.175. The second kappa shape index (κ2) is 8.47. The van der Waals surface area contributed by atoms with E-state index in [1.54, 1.807) is 0 Å². The van der Waals surface area contributed by atoms with Crippen molar-refractivity contribution in [2.24, 2.45) is 0 Å². The first-order valence-corrected chi connectivity index (χ1v) is 12.0. The minimum absolute atomic E-state index is 0.0449. The van der Waals surface area contributed by atoms with Crippen LogP contribution in [0, 0.1) is 49.7 Å². The summed E-state index contributed by atoms with van der Waals surface area (Å²) in [6.07, 6.45) is 0. The molecule has 0 aliphatic heterocycles. The Morgan fingerprint density at radius 3 is 1.61 bits per heavy atom. The molecule has 38 heavy (non-hydrogen) atoms. The Morgan fingerprint density at radius 1 is 0.553 bits per heavy atom. The summed E-state index contributed by atoms with van der Waals surface area (Å²) in [5, 5.41) is 19.7. The molecule has 0 amide bonds. The van der Waals surface area contributed by atoms with Crippen LogP contribution in [0.25, 0.3) is 54.2 Å². The SMILES string of the molecule is [C-]#[N+]/C(C#N)=C1/c2ccccc2-c2cc3c(cc21)-c1ccc(-c2cc(C)cc(C)c2)cc1/C3=C(/C#N)[N+]#[C-]. The van der Waals surface area contributed by atoms with E-state index in [1.807, 2.05) is 42.5 Å². The number of rotatable bonds is 1. The molecule has 2 aliphatic carbocycles. The van der Waals surface area contributed by atoms with E-state index in [0.717, 1.165) is 55.6 Å². The second-order valence-corrected chi connectivity index (χ2v) is 9.52. The zero-order valence-corrected chi connectivity index (χ0v) is 20.7. The van der Waals surface area contributed by atoms with Gasteiger partial charge >= 0.3 is 0 Å². The first-order chi connectivity index (χ1) is 18.5. The lowest BCUT2D eigenvalue weighted by molar-refractivity contribution is 1.38. The van der Waals surface area contributed by atoms with Gasteiger partial charge in [-0.15, -0.1) is 0 Å². The maximum atomic E-state index is 9.93. The van der Waals surface area contributed by atoms with Crippen LogP contribution < -0.4 is 0 Å². The fourth-order valence-corrected chi connectivity index (χ4v) is 5.78. The molecule has 0 fully saturated rings. The molecule has 0 bridgehead atoms. The van der Waals surface area contributed by atoms with Crippen molar-refractivity contribution in [2.45, 2.75) is 13.8 Å². The molecule has 2 aliphatic rings. The molecule has 6 rings (SSSR count). The number of nitrogens with zero attached hydrogens (tertiary/aromatic N) is 4. The Hall–Kier alpha value is -5.68. The summed E-state index contributed by atoms with van der Waals surface area (Å²) in [5.74, 6) is 0. The maximum Gasteiger partial charge on any atom is 0.270 e. The van der Waals surface area contributed by atoms with Crippen molar-refractivity contribution in [3.05, 3.63) is 140 Å². The molecule has 0 atom stereocenters. The topological polar surface area (TPSA) is 56.3 Å². The predicted molar refractivity (Wildman–Crippen MR) is 149 cm³/mol. The smallest absolute Gasteiger partial charge is 0.226 e. The highest BCUT2D eigenvalue weighted by Crippen LogP contribution is 2.54. The Bertz CT molecular complexity index is 1920. The lowest BCUT2D eigenvalue weighted by Crippen LogP contribution is -1.90. The molecule has 0 heterocycles. The number of fused-ring (bicyclic) bond motifs is 6. The molecule has 0 saturated carbocycles. The van der Waals surface area contributed by atoms with Gasteiger partial charge in [0.15, 0.2) is 0 Å². The van der Waals surface area contributed by atoms with Crippen LogP contribution in [0.15, 0.2) is 84.2 Å². The molecule has 0 N–H and O–H groups in total. The number of hydrogen-bond acceptors (Lipinski definition) is 2. The van der Waals surface area contributed by atoms with E-state index < -0.39 is 0 Å². The van der Waals surface area contributed by atoms with Crippen molar-refractivity contribution < 1.29 is 0 Å². The van der Waals surface area contributed by atoms with Gasteiger partial charge in [0.1, 0.15) is 0 Å². The zero-order valence-electron chi connectivity index (χ0n) is 20.7. The summed E-state index contributed by atoms with van der Waals surface area (Å²) in [4.78, 5) is 7.13. The molecule has 4 nitrogen and oxygen atoms in total. The third-order valence-electron chi connectivity index (χ3n) is 7.23. The molecular weight excluding hydrogens is 464 g/mol. The molecule has 0 saturated heterocycles. The van der Waals surface area contributed by atoms with Gasteiger partial charge < -0.3 is 0 Å². The van der Waals surface area contributed by atoms with E-state index >= 15 is 0 Å². The van der Waals surface area contributed by atoms with Gasteiger partial charge in [0.25, 0.3) is 11.4 Å². The van der Waals surface area contributed by atoms with E-state index in [9.17, 15) is 10.5 Å². The van der Waals surface area contributed by atoms with Gasteiger partial charge in [-0.25, -0.2) is 20.2 Å². The van der Waals surface area contributed by atoms with Crippen LogP contribution >= 0.6 is 0 Å². The average molecular weight is 483 g/mol. The average Bonchev–Trinajstić information content (AvgIpc) is 3.41. The summed E-state index contributed by atoms with van der Waals surface area (Å²) in [5.41, 5.74) is 12.8. The van der Waals surface area contributed by atoms with Gasteiger partial charge in [0.2, 0.25) is 0 Å². The standard InChI is InChI=1S/C34H18N4/c1-19-11-20(2)13-22(12-19)21-9-10-24-27-16-29-26(15-30(27)34(28(24)14-21)32(18-36)38-4)23-7-5-6-8-25(23)33(29)31(17-35)37-3/h5-16H,1-2H3/b33-31-,34-32+. The maximum absolute atomic E-state index is 9.93. The molecule has 4 aromatic rings. The first-order valence-electron chi connectivity index (χ1n) is 12.0. The highest BCUT2D eigenvalue weighted by atomic mass is 14.7. The predicted octanol–water partition coefficient (Wildman–Crippen LogP) is 8.34. The monoisotopic (exact) mass is 482 g/mol. The molecule has 4 heteroatoms. The van der Waals surface area contributed by atoms with Crippen LogP contribution in [-0.4, -0.2) is 0 Å². The Kier molecular flexibility index (Phi) is 5.07. The van der Waals surface area contributed by atoms with Crippen LogP contribution in [0.1, 0.15) is 33.4 Å². The third kappa shape index (κ3) is 3.20. The van der Waals surface area contributed by atoms with E-state index in [0.29, 0.717) is 11.1 Å². The van der Waals surface area contributed by atoms with Gasteiger partial charge in [-0.2, -0.15) is 0 Å². The number of benzene rings is 4. The van der Waals surface area contributed by atoms with E-state index in [4.69, 9.17) is 13.1 Å². The van der Waals surface area contributed by atoms with Gasteiger partial charge in [-0.05, 0) is 87.7 Å². The Morgan fingerprint density at radius 2 is 1.05 bits per heavy atom. The minimum atomic E-state index is 0.0449. The summed E-state index contributed by atoms with van der Waals surface area (Å²) >= 11 is 0. The van der Waals surface area contributed by atoms with Crippen molar-refractivity contribution in [1.82, 2.24) is 0 Å². The van der Waals surface area contributed by atoms with Crippen molar-refractivity contribution in [2.75, 3.05) is 0 Å². The summed E-state index contributed by atoms with van der Waals surface area (Å²) < 4.78 is 0. The lowest BCUT2D eigenvalue weighted by atomic mass is 9.95. The second-order valence-electron chi connectivity index (χ2n) is 9.52. The van der Waals surface area contributed by atoms with Crippen LogP contribution in [0.2, 0.25) is 0 Å². The van der Waals surface area contributed by atoms with E-state index in [-0.39, 0.29) is 11.4 Å². The van der Waals surface area contributed by atoms with Crippen molar-refractivity contribution >= 4 is 11.1 Å². The number of nitriles is 2. The highest BCUT2D eigenvalue weighted by molar-refractivity contribution is 6.11. The Labute approximate surface area is 221 Å². The summed E-state index contributed by atoms with van der Waals surface area (Å²) in [6.45, 7) is 19.5. The van der Waals surface area contributed by atoms with E-state index in [1.165, 1.54) is 11.1 Å². The van der Waals surface area contributed by atoms with Gasteiger partial charge in [-0.3, -0.25) is 0 Å². The van der Waals surface area contributed by atoms with Crippen LogP contribution in [0.3, 0.4) is 0 Å². The number of aryl methyl sites for hydroxylation is 2. The molecule has 0 spiro atoms. The fourth-order valence-electron chi connectivity index (χ4n) is 5.78. The summed E-state index contributed by atoms with van der Waals surface area (Å²) in [6, 6.07) is 28.6. The lowest BCUT2D eigenvalue weighted by Gasteiger charge is -2.09. The number of allylic oxidation sites excluding steroid dienone is 2. The molecule has 174 valence electrons. The molecular formula is C34H18N4. The molecule has 0 radical (unpaired) electrons. The fraction of sp³-hybridized carbons (Fsp3) is 0.0588. The van der Waals surface area contributed by atoms with Crippen LogP contribution in [-0.2, 0) is 0 Å². The summed E-state index contributed by atoms with van der Waals surface area (Å²) in [7, 11) is 0. The molecule has 4 aromatic carbocycles. The zero-order chi connectivity index (χ0) is 26.6. The Balaban J connectivity index is 1.67. The van der Waals surface area contributed by atoms with Crippen molar-refractivity contribution in [3.8, 4) is 45.5 Å². The van der Waals surface area contributed by atoms with Crippen LogP contribution in [0.4, 0.5) is 0 Å². The van der Waals surface area contributed by atoms with Crippen LogP contribution in [0.5, 0.6) is 0 Å². The van der Waals surface area contributed by atoms with Crippen molar-refractivity contribution in [3.63, 3.8) is 0 Å². The van der Waals surface area contributed by atoms with Gasteiger partial charge in [0, 0.05) is 11.1 Å². The first kappa shape index (κ1) is 22.8. The van der Waals surface area contributed by atoms with Crippen molar-refractivity contribution in [1.29, 1.82) is 10.5 Å². The third-order valence-corrected chi connectivity index (χ3v) is 7.23. The number of hydrogen-bond donors (Lipinski definition) is 0. The molecule has 0 aromatic heterocycles. The van der Waals surface area contributed by atoms with Gasteiger partial charge in [0.05, 0.1) is 25.3 Å². The normalized spacial score (nSPS) is 14.6. The largest absolute Gasteiger partial charge is 0.270 e. The molecule has 0 unspecified atom stereocenters. The highest BCUT2D eigenvalue weighted by Gasteiger charge is 2.33. The van der Waals surface area contributed by atoms with Gasteiger partial charge in [-0.1, -0.05) is 65.7 Å².